The number of aromatic nitrogens is 1. The number of amides is 1. The number of ether oxygens (including phenoxy) is 1. The van der Waals surface area contributed by atoms with E-state index in [0.29, 0.717) is 18.1 Å². The summed E-state index contributed by atoms with van der Waals surface area (Å²) >= 11 is 0. The SMILES string of the molecule is NC(=O)c1ccc(C2CNCCOC2)c2cc[nH]c12. The molecule has 0 aliphatic carbocycles. The molecular weight excluding hydrogens is 242 g/mol. The summed E-state index contributed by atoms with van der Waals surface area (Å²) in [6.45, 7) is 3.21. The Labute approximate surface area is 111 Å². The van der Waals surface area contributed by atoms with Gasteiger partial charge in [-0.05, 0) is 17.7 Å². The van der Waals surface area contributed by atoms with E-state index in [1.165, 1.54) is 5.56 Å². The Morgan fingerprint density at radius 2 is 2.26 bits per heavy atom. The maximum absolute atomic E-state index is 11.4. The van der Waals surface area contributed by atoms with E-state index in [4.69, 9.17) is 10.5 Å². The molecule has 1 aliphatic heterocycles. The van der Waals surface area contributed by atoms with Gasteiger partial charge in [0.15, 0.2) is 0 Å². The number of benzene rings is 1. The monoisotopic (exact) mass is 259 g/mol. The molecule has 4 N–H and O–H groups in total. The van der Waals surface area contributed by atoms with Crippen molar-refractivity contribution < 1.29 is 9.53 Å². The number of nitrogens with two attached hydrogens (primary N) is 1. The minimum Gasteiger partial charge on any atom is -0.379 e. The Hall–Kier alpha value is -1.85. The van der Waals surface area contributed by atoms with Crippen LogP contribution >= 0.6 is 0 Å². The van der Waals surface area contributed by atoms with Crippen molar-refractivity contribution in [3.63, 3.8) is 0 Å². The van der Waals surface area contributed by atoms with E-state index < -0.39 is 5.91 Å². The van der Waals surface area contributed by atoms with Crippen LogP contribution in [0.3, 0.4) is 0 Å². The maximum Gasteiger partial charge on any atom is 0.250 e. The minimum absolute atomic E-state index is 0.294. The van der Waals surface area contributed by atoms with Crippen LogP contribution in [0.5, 0.6) is 0 Å². The van der Waals surface area contributed by atoms with Crippen LogP contribution < -0.4 is 11.1 Å². The first-order chi connectivity index (χ1) is 9.27. The Kier molecular flexibility index (Phi) is 3.23. The van der Waals surface area contributed by atoms with E-state index in [9.17, 15) is 4.79 Å². The normalized spacial score (nSPS) is 20.3. The highest BCUT2D eigenvalue weighted by Crippen LogP contribution is 2.28. The Morgan fingerprint density at radius 1 is 1.37 bits per heavy atom. The van der Waals surface area contributed by atoms with Crippen LogP contribution in [0, 0.1) is 0 Å². The third-order valence-corrected chi connectivity index (χ3v) is 3.60. The van der Waals surface area contributed by atoms with Crippen LogP contribution in [0.4, 0.5) is 0 Å². The number of rotatable bonds is 2. The molecule has 1 atom stereocenters. The summed E-state index contributed by atoms with van der Waals surface area (Å²) in [6, 6.07) is 5.76. The number of carbonyl (C=O) groups is 1. The number of nitrogens with one attached hydrogen (secondary N) is 2. The number of hydrogen-bond donors (Lipinski definition) is 3. The van der Waals surface area contributed by atoms with Crippen molar-refractivity contribution in [2.75, 3.05) is 26.3 Å². The van der Waals surface area contributed by atoms with Gasteiger partial charge in [-0.25, -0.2) is 0 Å². The number of fused-ring (bicyclic) bond motifs is 1. The molecule has 1 aromatic heterocycles. The molecule has 1 aromatic carbocycles. The average Bonchev–Trinajstić information content (AvgIpc) is 2.73. The molecule has 1 aliphatic rings. The quantitative estimate of drug-likeness (QED) is 0.751. The smallest absolute Gasteiger partial charge is 0.250 e. The van der Waals surface area contributed by atoms with Crippen molar-refractivity contribution in [2.45, 2.75) is 5.92 Å². The van der Waals surface area contributed by atoms with Crippen LogP contribution in [-0.4, -0.2) is 37.2 Å². The summed E-state index contributed by atoms with van der Waals surface area (Å²) in [4.78, 5) is 14.5. The van der Waals surface area contributed by atoms with Gasteiger partial charge in [0.2, 0.25) is 0 Å². The zero-order valence-corrected chi connectivity index (χ0v) is 10.6. The van der Waals surface area contributed by atoms with Gasteiger partial charge in [0, 0.05) is 30.6 Å². The summed E-state index contributed by atoms with van der Waals surface area (Å²) in [6.07, 6.45) is 1.84. The fraction of sp³-hybridized carbons (Fsp3) is 0.357. The number of H-pyrrole nitrogens is 1. The molecule has 1 amide bonds. The van der Waals surface area contributed by atoms with Crippen LogP contribution in [-0.2, 0) is 4.74 Å². The second-order valence-corrected chi connectivity index (χ2v) is 4.81. The third kappa shape index (κ3) is 2.22. The molecule has 2 heterocycles. The lowest BCUT2D eigenvalue weighted by molar-refractivity contribution is 0.100. The lowest BCUT2D eigenvalue weighted by Gasteiger charge is -2.16. The second-order valence-electron chi connectivity index (χ2n) is 4.81. The van der Waals surface area contributed by atoms with Gasteiger partial charge in [-0.3, -0.25) is 4.79 Å². The van der Waals surface area contributed by atoms with E-state index in [2.05, 4.69) is 10.3 Å². The molecule has 1 fully saturated rings. The van der Waals surface area contributed by atoms with Gasteiger partial charge in [-0.2, -0.15) is 0 Å². The van der Waals surface area contributed by atoms with E-state index in [1.807, 2.05) is 18.3 Å². The van der Waals surface area contributed by atoms with E-state index in [1.54, 1.807) is 6.07 Å². The standard InChI is InChI=1S/C14H17N3O2/c15-14(18)12-2-1-10(11-3-4-17-13(11)12)9-7-16-5-6-19-8-9/h1-4,9,16-17H,5-8H2,(H2,15,18). The predicted molar refractivity (Wildman–Crippen MR) is 73.2 cm³/mol. The van der Waals surface area contributed by atoms with E-state index >= 15 is 0 Å². The predicted octanol–water partition coefficient (Wildman–Crippen LogP) is 0.970. The van der Waals surface area contributed by atoms with Gasteiger partial charge >= 0.3 is 0 Å². The van der Waals surface area contributed by atoms with Crippen LogP contribution in [0.25, 0.3) is 10.9 Å². The molecule has 5 nitrogen and oxygen atoms in total. The van der Waals surface area contributed by atoms with Gasteiger partial charge in [0.05, 0.1) is 24.3 Å². The largest absolute Gasteiger partial charge is 0.379 e. The first-order valence-electron chi connectivity index (χ1n) is 6.45. The highest BCUT2D eigenvalue weighted by atomic mass is 16.5. The number of primary amides is 1. The molecular formula is C14H17N3O2. The van der Waals surface area contributed by atoms with Crippen LogP contribution in [0.1, 0.15) is 21.8 Å². The van der Waals surface area contributed by atoms with Gasteiger partial charge in [-0.15, -0.1) is 0 Å². The van der Waals surface area contributed by atoms with Crippen molar-refractivity contribution in [1.29, 1.82) is 0 Å². The molecule has 3 rings (SSSR count). The van der Waals surface area contributed by atoms with Crippen molar-refractivity contribution in [3.05, 3.63) is 35.5 Å². The first-order valence-corrected chi connectivity index (χ1v) is 6.45. The molecule has 1 saturated heterocycles. The summed E-state index contributed by atoms with van der Waals surface area (Å²) in [5.74, 6) is -0.114. The van der Waals surface area contributed by atoms with Crippen molar-refractivity contribution in [1.82, 2.24) is 10.3 Å². The molecule has 0 spiro atoms. The van der Waals surface area contributed by atoms with Gasteiger partial charge < -0.3 is 20.8 Å². The van der Waals surface area contributed by atoms with Gasteiger partial charge in [0.1, 0.15) is 0 Å². The molecule has 0 radical (unpaired) electrons. The lowest BCUT2D eigenvalue weighted by Crippen LogP contribution is -2.21. The maximum atomic E-state index is 11.4. The van der Waals surface area contributed by atoms with Crippen molar-refractivity contribution in [2.24, 2.45) is 5.73 Å². The Bertz CT molecular complexity index is 598. The zero-order chi connectivity index (χ0) is 13.2. The summed E-state index contributed by atoms with van der Waals surface area (Å²) in [7, 11) is 0. The van der Waals surface area contributed by atoms with E-state index in [-0.39, 0.29) is 0 Å². The molecule has 19 heavy (non-hydrogen) atoms. The number of aromatic amines is 1. The number of hydrogen-bond acceptors (Lipinski definition) is 3. The molecule has 2 aromatic rings. The highest BCUT2D eigenvalue weighted by molar-refractivity contribution is 6.05. The minimum atomic E-state index is -0.408. The van der Waals surface area contributed by atoms with Crippen LogP contribution in [0.2, 0.25) is 0 Å². The average molecular weight is 259 g/mol. The van der Waals surface area contributed by atoms with Crippen LogP contribution in [0.15, 0.2) is 24.4 Å². The molecule has 0 bridgehead atoms. The van der Waals surface area contributed by atoms with Crippen molar-refractivity contribution in [3.8, 4) is 0 Å². The van der Waals surface area contributed by atoms with Gasteiger partial charge in [-0.1, -0.05) is 6.07 Å². The summed E-state index contributed by atoms with van der Waals surface area (Å²) in [5.41, 5.74) is 7.93. The third-order valence-electron chi connectivity index (χ3n) is 3.60. The first kappa shape index (κ1) is 12.2. The van der Waals surface area contributed by atoms with Gasteiger partial charge in [0.25, 0.3) is 5.91 Å². The summed E-state index contributed by atoms with van der Waals surface area (Å²) in [5, 5.41) is 4.41. The molecule has 0 saturated carbocycles. The van der Waals surface area contributed by atoms with Crippen molar-refractivity contribution >= 4 is 16.8 Å². The fourth-order valence-corrected chi connectivity index (χ4v) is 2.65. The Balaban J connectivity index is 2.06. The molecule has 100 valence electrons. The topological polar surface area (TPSA) is 80.1 Å². The lowest BCUT2D eigenvalue weighted by atomic mass is 9.94. The highest BCUT2D eigenvalue weighted by Gasteiger charge is 2.19. The molecule has 5 heteroatoms. The summed E-state index contributed by atoms with van der Waals surface area (Å²) < 4.78 is 5.60. The Morgan fingerprint density at radius 3 is 3.11 bits per heavy atom. The molecule has 1 unspecified atom stereocenters. The number of carbonyl (C=O) groups excluding carboxylic acids is 1. The zero-order valence-electron chi connectivity index (χ0n) is 10.6. The second kappa shape index (κ2) is 5.03. The fourth-order valence-electron chi connectivity index (χ4n) is 2.65. The van der Waals surface area contributed by atoms with E-state index in [0.717, 1.165) is 30.6 Å².